The van der Waals surface area contributed by atoms with Gasteiger partial charge in [-0.05, 0) is 52.2 Å². The lowest BCUT2D eigenvalue weighted by Crippen LogP contribution is -2.38. The van der Waals surface area contributed by atoms with Crippen molar-refractivity contribution in [2.24, 2.45) is 0 Å². The molecule has 0 aliphatic heterocycles. The normalized spacial score (nSPS) is 13.2. The molecule has 0 bridgehead atoms. The zero-order valence-electron chi connectivity index (χ0n) is 21.1. The summed E-state index contributed by atoms with van der Waals surface area (Å²) < 4.78 is 10.9. The molecule has 0 saturated carbocycles. The van der Waals surface area contributed by atoms with Gasteiger partial charge in [0.05, 0.1) is 30.2 Å². The lowest BCUT2D eigenvalue weighted by atomic mass is 9.99. The lowest BCUT2D eigenvalue weighted by Gasteiger charge is -2.27. The van der Waals surface area contributed by atoms with Gasteiger partial charge < -0.3 is 19.6 Å². The van der Waals surface area contributed by atoms with Crippen LogP contribution in [0.2, 0.25) is 0 Å². The van der Waals surface area contributed by atoms with E-state index in [2.05, 4.69) is 41.9 Å². The van der Waals surface area contributed by atoms with Crippen LogP contribution in [0.1, 0.15) is 44.1 Å². The number of nitrogens with zero attached hydrogens (tertiary/aromatic N) is 2. The number of benzene rings is 1. The first-order chi connectivity index (χ1) is 16.1. The van der Waals surface area contributed by atoms with Gasteiger partial charge in [-0.15, -0.1) is 11.3 Å². The van der Waals surface area contributed by atoms with E-state index in [1.54, 1.807) is 7.11 Å². The fourth-order valence-corrected chi connectivity index (χ4v) is 4.92. The number of ether oxygens (including phenoxy) is 2. The molecule has 0 aliphatic carbocycles. The van der Waals surface area contributed by atoms with Gasteiger partial charge in [-0.1, -0.05) is 23.8 Å². The van der Waals surface area contributed by atoms with Crippen LogP contribution in [0.4, 0.5) is 0 Å². The van der Waals surface area contributed by atoms with E-state index in [4.69, 9.17) is 14.5 Å². The zero-order chi connectivity index (χ0) is 24.9. The maximum atomic E-state index is 13.1. The number of fused-ring (bicyclic) bond motifs is 1. The van der Waals surface area contributed by atoms with Crippen molar-refractivity contribution in [2.75, 3.05) is 33.4 Å². The maximum Gasteiger partial charge on any atom is 0.260 e. The van der Waals surface area contributed by atoms with Crippen molar-refractivity contribution < 1.29 is 14.6 Å². The van der Waals surface area contributed by atoms with Crippen LogP contribution < -0.4 is 5.56 Å². The SMILES string of the molecule is COCCCN(Cc1nc2scc(-c3ccc(C)cc3C)c2c(=O)[nH]1)CC(O)COC(C)(C)C. The number of rotatable bonds is 11. The van der Waals surface area contributed by atoms with Crippen molar-refractivity contribution in [3.05, 3.63) is 50.9 Å². The highest BCUT2D eigenvalue weighted by Crippen LogP contribution is 2.33. The minimum Gasteiger partial charge on any atom is -0.389 e. The fraction of sp³-hybridized carbons (Fsp3) is 0.538. The Balaban J connectivity index is 1.82. The Kier molecular flexibility index (Phi) is 9.01. The highest BCUT2D eigenvalue weighted by atomic mass is 32.1. The van der Waals surface area contributed by atoms with E-state index >= 15 is 0 Å². The predicted octanol–water partition coefficient (Wildman–Crippen LogP) is 4.28. The summed E-state index contributed by atoms with van der Waals surface area (Å²) >= 11 is 1.48. The van der Waals surface area contributed by atoms with Crippen molar-refractivity contribution in [1.82, 2.24) is 14.9 Å². The van der Waals surface area contributed by atoms with Gasteiger partial charge in [0.25, 0.3) is 5.56 Å². The molecule has 186 valence electrons. The summed E-state index contributed by atoms with van der Waals surface area (Å²) in [5, 5.41) is 13.2. The molecule has 0 spiro atoms. The van der Waals surface area contributed by atoms with Gasteiger partial charge in [0.2, 0.25) is 0 Å². The number of aromatic nitrogens is 2. The maximum absolute atomic E-state index is 13.1. The third-order valence-electron chi connectivity index (χ3n) is 5.54. The number of methoxy groups -OCH3 is 1. The second-order valence-corrected chi connectivity index (χ2v) is 10.7. The molecule has 0 amide bonds. The number of hydrogen-bond donors (Lipinski definition) is 2. The van der Waals surface area contributed by atoms with Crippen LogP contribution in [-0.2, 0) is 16.0 Å². The molecule has 0 radical (unpaired) electrons. The molecule has 1 unspecified atom stereocenters. The molecule has 2 aromatic heterocycles. The third-order valence-corrected chi connectivity index (χ3v) is 6.41. The fourth-order valence-electron chi connectivity index (χ4n) is 3.96. The van der Waals surface area contributed by atoms with Gasteiger partial charge in [0.15, 0.2) is 0 Å². The zero-order valence-corrected chi connectivity index (χ0v) is 21.9. The number of nitrogens with one attached hydrogen (secondary N) is 1. The van der Waals surface area contributed by atoms with Crippen LogP contribution in [-0.4, -0.2) is 65.1 Å². The van der Waals surface area contributed by atoms with E-state index in [9.17, 15) is 9.90 Å². The van der Waals surface area contributed by atoms with E-state index in [1.165, 1.54) is 16.9 Å². The van der Waals surface area contributed by atoms with Crippen LogP contribution in [0.25, 0.3) is 21.3 Å². The average molecular weight is 488 g/mol. The summed E-state index contributed by atoms with van der Waals surface area (Å²) in [4.78, 5) is 23.7. The van der Waals surface area contributed by atoms with E-state index in [1.807, 2.05) is 26.2 Å². The average Bonchev–Trinajstić information content (AvgIpc) is 3.16. The highest BCUT2D eigenvalue weighted by molar-refractivity contribution is 7.17. The smallest absolute Gasteiger partial charge is 0.260 e. The minimum atomic E-state index is -0.643. The molecular formula is C26H37N3O4S. The Bertz CT molecular complexity index is 1150. The number of aromatic amines is 1. The molecule has 3 rings (SSSR count). The molecule has 8 heteroatoms. The molecule has 3 aromatic rings. The topological polar surface area (TPSA) is 87.7 Å². The second kappa shape index (κ2) is 11.6. The quantitative estimate of drug-likeness (QED) is 0.393. The van der Waals surface area contributed by atoms with Gasteiger partial charge in [-0.3, -0.25) is 9.69 Å². The van der Waals surface area contributed by atoms with Gasteiger partial charge >= 0.3 is 0 Å². The molecule has 7 nitrogen and oxygen atoms in total. The van der Waals surface area contributed by atoms with Crippen LogP contribution in [0.3, 0.4) is 0 Å². The second-order valence-electron chi connectivity index (χ2n) is 9.82. The largest absolute Gasteiger partial charge is 0.389 e. The van der Waals surface area contributed by atoms with E-state index in [0.717, 1.165) is 27.9 Å². The Morgan fingerprint density at radius 3 is 2.68 bits per heavy atom. The minimum absolute atomic E-state index is 0.135. The molecule has 1 aromatic carbocycles. The molecule has 2 N–H and O–H groups in total. The summed E-state index contributed by atoms with van der Waals surface area (Å²) in [6, 6.07) is 6.26. The first-order valence-corrected chi connectivity index (χ1v) is 12.6. The van der Waals surface area contributed by atoms with Crippen molar-refractivity contribution >= 4 is 21.6 Å². The van der Waals surface area contributed by atoms with Crippen LogP contribution in [0, 0.1) is 13.8 Å². The molecule has 1 atom stereocenters. The van der Waals surface area contributed by atoms with Crippen LogP contribution in [0.5, 0.6) is 0 Å². The summed E-state index contributed by atoms with van der Waals surface area (Å²) in [5.74, 6) is 0.591. The molecule has 0 saturated heterocycles. The number of thiophene rings is 1. The molecular weight excluding hydrogens is 450 g/mol. The van der Waals surface area contributed by atoms with Gasteiger partial charge in [-0.25, -0.2) is 4.98 Å². The predicted molar refractivity (Wildman–Crippen MR) is 139 cm³/mol. The molecule has 2 heterocycles. The number of aryl methyl sites for hydroxylation is 2. The van der Waals surface area contributed by atoms with Crippen LogP contribution in [0.15, 0.2) is 28.4 Å². The third kappa shape index (κ3) is 7.20. The summed E-state index contributed by atoms with van der Waals surface area (Å²) in [7, 11) is 1.67. The number of hydrogen-bond acceptors (Lipinski definition) is 7. The Morgan fingerprint density at radius 2 is 2.00 bits per heavy atom. The van der Waals surface area contributed by atoms with Crippen molar-refractivity contribution in [3.8, 4) is 11.1 Å². The highest BCUT2D eigenvalue weighted by Gasteiger charge is 2.19. The van der Waals surface area contributed by atoms with Crippen LogP contribution >= 0.6 is 11.3 Å². The van der Waals surface area contributed by atoms with E-state index < -0.39 is 6.10 Å². The molecule has 0 fully saturated rings. The van der Waals surface area contributed by atoms with Crippen molar-refractivity contribution in [2.45, 2.75) is 59.3 Å². The van der Waals surface area contributed by atoms with E-state index in [-0.39, 0.29) is 17.8 Å². The van der Waals surface area contributed by atoms with Gasteiger partial charge in [-0.2, -0.15) is 0 Å². The first-order valence-electron chi connectivity index (χ1n) is 11.7. The standard InChI is InChI=1S/C26H37N3O4S/c1-17-8-9-20(18(2)12-17)21-16-34-25-23(21)24(31)27-22(28-25)14-29(10-7-11-32-6)13-19(30)15-33-26(3,4)5/h8-9,12,16,19,30H,7,10-11,13-15H2,1-6H3,(H,27,28,31). The summed E-state index contributed by atoms with van der Waals surface area (Å²) in [5.41, 5.74) is 3.86. The molecule has 0 aliphatic rings. The number of aliphatic hydroxyl groups is 1. The van der Waals surface area contributed by atoms with Gasteiger partial charge in [0, 0.05) is 37.7 Å². The first kappa shape index (κ1) is 26.5. The van der Waals surface area contributed by atoms with Gasteiger partial charge in [0.1, 0.15) is 10.7 Å². The summed E-state index contributed by atoms with van der Waals surface area (Å²) in [6.07, 6.45) is 0.168. The van der Waals surface area contributed by atoms with Crippen molar-refractivity contribution in [3.63, 3.8) is 0 Å². The number of H-pyrrole nitrogens is 1. The monoisotopic (exact) mass is 487 g/mol. The summed E-state index contributed by atoms with van der Waals surface area (Å²) in [6.45, 7) is 12.4. The molecule has 34 heavy (non-hydrogen) atoms. The Morgan fingerprint density at radius 1 is 1.24 bits per heavy atom. The number of aliphatic hydroxyl groups excluding tert-OH is 1. The van der Waals surface area contributed by atoms with E-state index in [0.29, 0.717) is 37.5 Å². The Hall–Kier alpha value is -2.10. The lowest BCUT2D eigenvalue weighted by molar-refractivity contribution is -0.0571. The Labute approximate surface area is 205 Å². The van der Waals surface area contributed by atoms with Crippen molar-refractivity contribution in [1.29, 1.82) is 0 Å².